The molecule has 1 fully saturated rings. The Hall–Kier alpha value is -0.950. The summed E-state index contributed by atoms with van der Waals surface area (Å²) in [6.45, 7) is 5.83. The van der Waals surface area contributed by atoms with Crippen molar-refractivity contribution in [3.05, 3.63) is 29.3 Å². The number of sulfonamides is 1. The van der Waals surface area contributed by atoms with Gasteiger partial charge in [0, 0.05) is 19.6 Å². The van der Waals surface area contributed by atoms with Crippen LogP contribution < -0.4 is 4.72 Å². The van der Waals surface area contributed by atoms with Crippen LogP contribution in [0.3, 0.4) is 0 Å². The molecule has 1 aliphatic rings. The van der Waals surface area contributed by atoms with Crippen molar-refractivity contribution in [2.24, 2.45) is 0 Å². The van der Waals surface area contributed by atoms with Crippen molar-refractivity contribution < 1.29 is 18.3 Å². The fraction of sp³-hybridized carbons (Fsp3) is 0.571. The predicted octanol–water partition coefficient (Wildman–Crippen LogP) is 1.12. The summed E-state index contributed by atoms with van der Waals surface area (Å²) in [6.07, 6.45) is 0.0631. The summed E-state index contributed by atoms with van der Waals surface area (Å²) in [7, 11) is -3.62. The molecule has 1 saturated heterocycles. The van der Waals surface area contributed by atoms with Crippen molar-refractivity contribution >= 4 is 10.0 Å². The molecule has 1 heterocycles. The molecule has 0 aromatic heterocycles. The van der Waals surface area contributed by atoms with E-state index < -0.39 is 15.6 Å². The molecular weight excluding hydrogens is 278 g/mol. The highest BCUT2D eigenvalue weighted by atomic mass is 32.2. The summed E-state index contributed by atoms with van der Waals surface area (Å²) < 4.78 is 32.4. The number of aryl methyl sites for hydroxylation is 2. The SMILES string of the molecule is Cc1ccc(S(=O)(=O)NCC2(O)CCOC2C)c(C)c1. The molecule has 2 rings (SSSR count). The van der Waals surface area contributed by atoms with E-state index in [0.29, 0.717) is 18.6 Å². The van der Waals surface area contributed by atoms with Gasteiger partial charge in [0.2, 0.25) is 10.0 Å². The molecule has 0 spiro atoms. The van der Waals surface area contributed by atoms with Gasteiger partial charge in [0.05, 0.1) is 11.0 Å². The van der Waals surface area contributed by atoms with Crippen LogP contribution in [-0.4, -0.2) is 38.4 Å². The zero-order valence-corrected chi connectivity index (χ0v) is 12.8. The highest BCUT2D eigenvalue weighted by Crippen LogP contribution is 2.25. The van der Waals surface area contributed by atoms with Gasteiger partial charge in [-0.1, -0.05) is 17.7 Å². The smallest absolute Gasteiger partial charge is 0.240 e. The van der Waals surface area contributed by atoms with E-state index in [4.69, 9.17) is 4.74 Å². The molecule has 2 N–H and O–H groups in total. The molecule has 6 heteroatoms. The van der Waals surface area contributed by atoms with E-state index in [9.17, 15) is 13.5 Å². The first-order valence-corrected chi connectivity index (χ1v) is 8.14. The van der Waals surface area contributed by atoms with Crippen molar-refractivity contribution in [2.75, 3.05) is 13.2 Å². The van der Waals surface area contributed by atoms with E-state index in [-0.39, 0.29) is 17.5 Å². The second-order valence-electron chi connectivity index (χ2n) is 5.46. The summed E-state index contributed by atoms with van der Waals surface area (Å²) in [4.78, 5) is 0.248. The molecule has 0 amide bonds. The first-order chi connectivity index (χ1) is 9.24. The number of hydrogen-bond donors (Lipinski definition) is 2. The molecule has 0 radical (unpaired) electrons. The van der Waals surface area contributed by atoms with Crippen LogP contribution in [-0.2, 0) is 14.8 Å². The number of ether oxygens (including phenoxy) is 1. The molecule has 2 unspecified atom stereocenters. The highest BCUT2D eigenvalue weighted by molar-refractivity contribution is 7.89. The average molecular weight is 299 g/mol. The van der Waals surface area contributed by atoms with Crippen LogP contribution in [0.5, 0.6) is 0 Å². The second kappa shape index (κ2) is 5.44. The van der Waals surface area contributed by atoms with E-state index in [2.05, 4.69) is 4.72 Å². The van der Waals surface area contributed by atoms with Gasteiger partial charge < -0.3 is 9.84 Å². The lowest BCUT2D eigenvalue weighted by Crippen LogP contribution is -2.47. The zero-order chi connectivity index (χ0) is 15.0. The molecule has 0 aliphatic carbocycles. The standard InChI is InChI=1S/C14H21NO4S/c1-10-4-5-13(11(2)8-10)20(17,18)15-9-14(16)6-7-19-12(14)3/h4-5,8,12,15-16H,6-7,9H2,1-3H3. The monoisotopic (exact) mass is 299 g/mol. The average Bonchev–Trinajstić information content (AvgIpc) is 2.68. The molecule has 5 nitrogen and oxygen atoms in total. The highest BCUT2D eigenvalue weighted by Gasteiger charge is 2.40. The molecule has 1 aliphatic heterocycles. The van der Waals surface area contributed by atoms with Gasteiger partial charge >= 0.3 is 0 Å². The maximum Gasteiger partial charge on any atom is 0.240 e. The third-order valence-electron chi connectivity index (χ3n) is 3.85. The molecule has 0 saturated carbocycles. The van der Waals surface area contributed by atoms with Gasteiger partial charge in [-0.3, -0.25) is 0 Å². The van der Waals surface area contributed by atoms with Crippen molar-refractivity contribution in [2.45, 2.75) is 43.8 Å². The molecular formula is C14H21NO4S. The predicted molar refractivity (Wildman–Crippen MR) is 76.1 cm³/mol. The van der Waals surface area contributed by atoms with Crippen LogP contribution in [0.4, 0.5) is 0 Å². The maximum atomic E-state index is 12.3. The van der Waals surface area contributed by atoms with E-state index in [1.54, 1.807) is 26.0 Å². The summed E-state index contributed by atoms with van der Waals surface area (Å²) in [5.74, 6) is 0. The molecule has 1 aromatic rings. The van der Waals surface area contributed by atoms with Crippen LogP contribution in [0.25, 0.3) is 0 Å². The van der Waals surface area contributed by atoms with Gasteiger partial charge in [-0.05, 0) is 32.4 Å². The fourth-order valence-electron chi connectivity index (χ4n) is 2.40. The van der Waals surface area contributed by atoms with E-state index in [0.717, 1.165) is 5.56 Å². The fourth-order valence-corrected chi connectivity index (χ4v) is 3.73. The van der Waals surface area contributed by atoms with Crippen molar-refractivity contribution in [3.63, 3.8) is 0 Å². The van der Waals surface area contributed by atoms with Gasteiger partial charge in [-0.25, -0.2) is 13.1 Å². The third kappa shape index (κ3) is 3.03. The number of aliphatic hydroxyl groups is 1. The number of nitrogens with one attached hydrogen (secondary N) is 1. The van der Waals surface area contributed by atoms with Crippen LogP contribution in [0.15, 0.2) is 23.1 Å². The Morgan fingerprint density at radius 3 is 2.70 bits per heavy atom. The van der Waals surface area contributed by atoms with Gasteiger partial charge in [-0.15, -0.1) is 0 Å². The summed E-state index contributed by atoms with van der Waals surface area (Å²) >= 11 is 0. The Labute approximate surface area is 120 Å². The molecule has 112 valence electrons. The Kier molecular flexibility index (Phi) is 4.20. The minimum atomic E-state index is -3.62. The third-order valence-corrected chi connectivity index (χ3v) is 5.41. The van der Waals surface area contributed by atoms with E-state index in [1.165, 1.54) is 0 Å². The molecule has 2 atom stereocenters. The first kappa shape index (κ1) is 15.4. The summed E-state index contributed by atoms with van der Waals surface area (Å²) in [6, 6.07) is 5.17. The zero-order valence-electron chi connectivity index (χ0n) is 12.0. The first-order valence-electron chi connectivity index (χ1n) is 6.65. The van der Waals surface area contributed by atoms with Crippen LogP contribution >= 0.6 is 0 Å². The summed E-state index contributed by atoms with van der Waals surface area (Å²) in [5, 5.41) is 10.3. The van der Waals surface area contributed by atoms with Crippen molar-refractivity contribution in [1.82, 2.24) is 4.72 Å². The van der Waals surface area contributed by atoms with Crippen LogP contribution in [0.2, 0.25) is 0 Å². The Bertz CT molecular complexity index is 599. The number of rotatable bonds is 4. The maximum absolute atomic E-state index is 12.3. The molecule has 0 bridgehead atoms. The van der Waals surface area contributed by atoms with Gasteiger partial charge in [0.25, 0.3) is 0 Å². The number of benzene rings is 1. The van der Waals surface area contributed by atoms with Crippen molar-refractivity contribution in [3.8, 4) is 0 Å². The quantitative estimate of drug-likeness (QED) is 0.873. The lowest BCUT2D eigenvalue weighted by molar-refractivity contribution is -0.0228. The Balaban J connectivity index is 2.15. The molecule has 1 aromatic carbocycles. The van der Waals surface area contributed by atoms with Gasteiger partial charge in [0.15, 0.2) is 0 Å². The van der Waals surface area contributed by atoms with Crippen molar-refractivity contribution in [1.29, 1.82) is 0 Å². The van der Waals surface area contributed by atoms with E-state index in [1.807, 2.05) is 13.0 Å². The minimum absolute atomic E-state index is 0.0379. The second-order valence-corrected chi connectivity index (χ2v) is 7.20. The van der Waals surface area contributed by atoms with Gasteiger partial charge in [0.1, 0.15) is 5.60 Å². The lowest BCUT2D eigenvalue weighted by Gasteiger charge is -2.26. The topological polar surface area (TPSA) is 75.6 Å². The largest absolute Gasteiger partial charge is 0.386 e. The molecule has 20 heavy (non-hydrogen) atoms. The summed E-state index contributed by atoms with van der Waals surface area (Å²) in [5.41, 5.74) is 0.573. The minimum Gasteiger partial charge on any atom is -0.386 e. The lowest BCUT2D eigenvalue weighted by atomic mass is 9.97. The number of hydrogen-bond acceptors (Lipinski definition) is 4. The van der Waals surface area contributed by atoms with Crippen LogP contribution in [0.1, 0.15) is 24.5 Å². The van der Waals surface area contributed by atoms with Gasteiger partial charge in [-0.2, -0.15) is 0 Å². The van der Waals surface area contributed by atoms with Crippen LogP contribution in [0, 0.1) is 13.8 Å². The Morgan fingerprint density at radius 1 is 1.45 bits per heavy atom. The van der Waals surface area contributed by atoms with E-state index >= 15 is 0 Å². The Morgan fingerprint density at radius 2 is 2.15 bits per heavy atom. The normalized spacial score (nSPS) is 26.9.